The van der Waals surface area contributed by atoms with Gasteiger partial charge in [-0.05, 0) is 53.4 Å². The lowest BCUT2D eigenvalue weighted by Crippen LogP contribution is -2.25. The van der Waals surface area contributed by atoms with Gasteiger partial charge in [0.2, 0.25) is 0 Å². The minimum Gasteiger partial charge on any atom is -0.352 e. The van der Waals surface area contributed by atoms with Crippen molar-refractivity contribution in [2.24, 2.45) is 0 Å². The molecule has 0 bridgehead atoms. The molecule has 0 atom stereocenters. The Kier molecular flexibility index (Phi) is 4.89. The van der Waals surface area contributed by atoms with Gasteiger partial charge in [0.1, 0.15) is 5.82 Å². The summed E-state index contributed by atoms with van der Waals surface area (Å²) in [5.74, 6) is -0.716. The van der Waals surface area contributed by atoms with E-state index in [9.17, 15) is 9.18 Å². The van der Waals surface area contributed by atoms with Gasteiger partial charge in [0.05, 0.1) is 16.2 Å². The Morgan fingerprint density at radius 2 is 2.30 bits per heavy atom. The van der Waals surface area contributed by atoms with Crippen LogP contribution in [0.1, 0.15) is 28.0 Å². The molecule has 0 aliphatic carbocycles. The topological polar surface area (TPSA) is 57.8 Å². The molecule has 2 N–H and O–H groups in total. The first kappa shape index (κ1) is 14.7. The van der Waals surface area contributed by atoms with E-state index < -0.39 is 5.82 Å². The first-order chi connectivity index (χ1) is 9.59. The highest BCUT2D eigenvalue weighted by Gasteiger charge is 2.12. The first-order valence-corrected chi connectivity index (χ1v) is 7.10. The third-order valence-corrected chi connectivity index (χ3v) is 3.84. The largest absolute Gasteiger partial charge is 0.352 e. The molecule has 1 heterocycles. The molecule has 2 aromatic rings. The van der Waals surface area contributed by atoms with E-state index in [0.29, 0.717) is 12.1 Å². The highest BCUT2D eigenvalue weighted by Crippen LogP contribution is 2.20. The Bertz CT molecular complexity index is 612. The summed E-state index contributed by atoms with van der Waals surface area (Å²) in [6.07, 6.45) is 3.44. The van der Waals surface area contributed by atoms with Crippen molar-refractivity contribution in [3.63, 3.8) is 0 Å². The number of aromatic amines is 1. The van der Waals surface area contributed by atoms with Gasteiger partial charge in [0, 0.05) is 12.2 Å². The van der Waals surface area contributed by atoms with Crippen LogP contribution in [0.2, 0.25) is 0 Å². The molecule has 2 rings (SSSR count). The number of nitrogens with zero attached hydrogens (tertiary/aromatic N) is 1. The van der Waals surface area contributed by atoms with Crippen LogP contribution in [0.15, 0.2) is 28.9 Å². The summed E-state index contributed by atoms with van der Waals surface area (Å²) in [6.45, 7) is 2.50. The van der Waals surface area contributed by atoms with Gasteiger partial charge < -0.3 is 5.32 Å². The van der Waals surface area contributed by atoms with Gasteiger partial charge in [0.25, 0.3) is 5.91 Å². The van der Waals surface area contributed by atoms with Crippen LogP contribution in [0.4, 0.5) is 4.39 Å². The summed E-state index contributed by atoms with van der Waals surface area (Å²) in [5.41, 5.74) is 2.50. The Labute approximate surface area is 124 Å². The summed E-state index contributed by atoms with van der Waals surface area (Å²) in [4.78, 5) is 11.9. The molecule has 0 unspecified atom stereocenters. The average Bonchev–Trinajstić information content (AvgIpc) is 2.83. The van der Waals surface area contributed by atoms with Crippen LogP contribution in [-0.2, 0) is 6.42 Å². The zero-order chi connectivity index (χ0) is 14.5. The maximum Gasteiger partial charge on any atom is 0.252 e. The number of carbonyl (C=O) groups is 1. The summed E-state index contributed by atoms with van der Waals surface area (Å²) in [5, 5.41) is 9.60. The molecule has 0 saturated heterocycles. The number of nitrogens with one attached hydrogen (secondary N) is 2. The van der Waals surface area contributed by atoms with Crippen LogP contribution in [-0.4, -0.2) is 22.6 Å². The molecule has 1 amide bonds. The summed E-state index contributed by atoms with van der Waals surface area (Å²) < 4.78 is 13.5. The maximum absolute atomic E-state index is 13.3. The molecule has 0 spiro atoms. The van der Waals surface area contributed by atoms with Gasteiger partial charge in [-0.25, -0.2) is 4.39 Å². The Balaban J connectivity index is 1.84. The van der Waals surface area contributed by atoms with Gasteiger partial charge in [-0.2, -0.15) is 5.10 Å². The van der Waals surface area contributed by atoms with E-state index in [2.05, 4.69) is 31.4 Å². The van der Waals surface area contributed by atoms with Crippen molar-refractivity contribution in [1.82, 2.24) is 15.5 Å². The molecular formula is C14H15BrFN3O. The first-order valence-electron chi connectivity index (χ1n) is 6.30. The van der Waals surface area contributed by atoms with Crippen molar-refractivity contribution < 1.29 is 9.18 Å². The Morgan fingerprint density at radius 3 is 3.00 bits per heavy atom. The fourth-order valence-corrected chi connectivity index (χ4v) is 2.33. The van der Waals surface area contributed by atoms with Crippen LogP contribution >= 0.6 is 15.9 Å². The molecule has 4 nitrogen and oxygen atoms in total. The number of benzene rings is 1. The predicted octanol–water partition coefficient (Wildman–Crippen LogP) is 2.98. The van der Waals surface area contributed by atoms with Crippen molar-refractivity contribution in [2.45, 2.75) is 19.8 Å². The SMILES string of the molecule is Cc1[nH]ncc1CCCNC(=O)c1cccc(F)c1Br. The van der Waals surface area contributed by atoms with Crippen molar-refractivity contribution in [1.29, 1.82) is 0 Å². The summed E-state index contributed by atoms with van der Waals surface area (Å²) in [6, 6.07) is 4.41. The normalized spacial score (nSPS) is 10.6. The third kappa shape index (κ3) is 3.45. The van der Waals surface area contributed by atoms with E-state index in [4.69, 9.17) is 0 Å². The minimum absolute atomic E-state index is 0.197. The zero-order valence-electron chi connectivity index (χ0n) is 11.0. The number of rotatable bonds is 5. The van der Waals surface area contributed by atoms with E-state index in [1.807, 2.05) is 6.92 Å². The monoisotopic (exact) mass is 339 g/mol. The molecule has 0 aliphatic rings. The Morgan fingerprint density at radius 1 is 1.50 bits per heavy atom. The van der Waals surface area contributed by atoms with E-state index >= 15 is 0 Å². The molecule has 1 aromatic carbocycles. The predicted molar refractivity (Wildman–Crippen MR) is 78.1 cm³/mol. The second kappa shape index (κ2) is 6.65. The molecule has 20 heavy (non-hydrogen) atoms. The highest BCUT2D eigenvalue weighted by atomic mass is 79.9. The average molecular weight is 340 g/mol. The van der Waals surface area contributed by atoms with Crippen LogP contribution in [0, 0.1) is 12.7 Å². The van der Waals surface area contributed by atoms with E-state index in [-0.39, 0.29) is 10.4 Å². The summed E-state index contributed by atoms with van der Waals surface area (Å²) in [7, 11) is 0. The number of amides is 1. The van der Waals surface area contributed by atoms with Crippen molar-refractivity contribution in [3.8, 4) is 0 Å². The number of hydrogen-bond acceptors (Lipinski definition) is 2. The Hall–Kier alpha value is -1.69. The quantitative estimate of drug-likeness (QED) is 0.822. The van der Waals surface area contributed by atoms with Crippen LogP contribution in [0.25, 0.3) is 0 Å². The molecule has 106 valence electrons. The van der Waals surface area contributed by atoms with Gasteiger partial charge in [0.15, 0.2) is 0 Å². The smallest absolute Gasteiger partial charge is 0.252 e. The third-order valence-electron chi connectivity index (χ3n) is 3.04. The zero-order valence-corrected chi connectivity index (χ0v) is 12.6. The van der Waals surface area contributed by atoms with Crippen molar-refractivity contribution in [3.05, 3.63) is 51.5 Å². The fraction of sp³-hybridized carbons (Fsp3) is 0.286. The van der Waals surface area contributed by atoms with Gasteiger partial charge in [-0.15, -0.1) is 0 Å². The number of aryl methyl sites for hydroxylation is 2. The number of aromatic nitrogens is 2. The van der Waals surface area contributed by atoms with Gasteiger partial charge in [-0.1, -0.05) is 6.07 Å². The molecule has 1 aromatic heterocycles. The van der Waals surface area contributed by atoms with E-state index in [0.717, 1.165) is 24.1 Å². The standard InChI is InChI=1S/C14H15BrFN3O/c1-9-10(8-18-19-9)4-3-7-17-14(20)11-5-2-6-12(16)13(11)15/h2,5-6,8H,3-4,7H2,1H3,(H,17,20)(H,18,19). The number of carbonyl (C=O) groups excluding carboxylic acids is 1. The van der Waals surface area contributed by atoms with Crippen molar-refractivity contribution >= 4 is 21.8 Å². The molecule has 0 aliphatic heterocycles. The molecular weight excluding hydrogens is 325 g/mol. The molecule has 6 heteroatoms. The minimum atomic E-state index is -0.438. The van der Waals surface area contributed by atoms with Crippen LogP contribution in [0.3, 0.4) is 0 Å². The van der Waals surface area contributed by atoms with Gasteiger partial charge >= 0.3 is 0 Å². The highest BCUT2D eigenvalue weighted by molar-refractivity contribution is 9.10. The van der Waals surface area contributed by atoms with E-state index in [1.54, 1.807) is 12.3 Å². The van der Waals surface area contributed by atoms with Crippen LogP contribution in [0.5, 0.6) is 0 Å². The lowest BCUT2D eigenvalue weighted by Gasteiger charge is -2.07. The lowest BCUT2D eigenvalue weighted by molar-refractivity contribution is 0.0952. The molecule has 0 fully saturated rings. The maximum atomic E-state index is 13.3. The second-order valence-corrected chi connectivity index (χ2v) is 5.27. The fourth-order valence-electron chi connectivity index (χ4n) is 1.88. The van der Waals surface area contributed by atoms with Gasteiger partial charge in [-0.3, -0.25) is 9.89 Å². The number of hydrogen-bond donors (Lipinski definition) is 2. The summed E-state index contributed by atoms with van der Waals surface area (Å²) >= 11 is 3.08. The van der Waals surface area contributed by atoms with Crippen molar-refractivity contribution in [2.75, 3.05) is 6.54 Å². The second-order valence-electron chi connectivity index (χ2n) is 4.48. The lowest BCUT2D eigenvalue weighted by atomic mass is 10.1. The molecule has 0 radical (unpaired) electrons. The van der Waals surface area contributed by atoms with E-state index in [1.165, 1.54) is 12.1 Å². The molecule has 0 saturated carbocycles. The number of halogens is 2. The van der Waals surface area contributed by atoms with Crippen LogP contribution < -0.4 is 5.32 Å². The number of H-pyrrole nitrogens is 1.